The fourth-order valence-corrected chi connectivity index (χ4v) is 2.79. The number of fused-ring (bicyclic) bond motifs is 1. The Morgan fingerprint density at radius 3 is 2.47 bits per heavy atom. The van der Waals surface area contributed by atoms with Gasteiger partial charge in [-0.25, -0.2) is 0 Å². The van der Waals surface area contributed by atoms with E-state index >= 15 is 0 Å². The van der Waals surface area contributed by atoms with Crippen LogP contribution in [0.1, 0.15) is 24.5 Å². The Morgan fingerprint density at radius 2 is 1.89 bits per heavy atom. The number of rotatable bonds is 7. The van der Waals surface area contributed by atoms with E-state index in [1.807, 2.05) is 6.07 Å². The predicted molar refractivity (Wildman–Crippen MR) is 75.2 cm³/mol. The smallest absolute Gasteiger partial charge is 0.313 e. The van der Waals surface area contributed by atoms with Crippen LogP contribution in [0.5, 0.6) is 11.5 Å². The second-order valence-electron chi connectivity index (χ2n) is 4.42. The molecule has 0 fully saturated rings. The van der Waals surface area contributed by atoms with Crippen molar-refractivity contribution in [2.24, 2.45) is 0 Å². The Balaban J connectivity index is 2.03. The van der Waals surface area contributed by atoms with Crippen LogP contribution in [0.3, 0.4) is 0 Å². The molecule has 5 heteroatoms. The van der Waals surface area contributed by atoms with Gasteiger partial charge in [0.25, 0.3) is 0 Å². The van der Waals surface area contributed by atoms with Gasteiger partial charge in [-0.1, -0.05) is 13.3 Å². The van der Waals surface area contributed by atoms with E-state index in [1.54, 1.807) is 0 Å². The number of aryl methyl sites for hydroxylation is 2. The monoisotopic (exact) mass is 282 g/mol. The molecule has 1 aliphatic heterocycles. The van der Waals surface area contributed by atoms with E-state index in [-0.39, 0.29) is 12.5 Å². The molecule has 0 unspecified atom stereocenters. The summed E-state index contributed by atoms with van der Waals surface area (Å²) in [4.78, 5) is 10.5. The van der Waals surface area contributed by atoms with Crippen molar-refractivity contribution in [3.63, 3.8) is 0 Å². The van der Waals surface area contributed by atoms with Crippen molar-refractivity contribution in [3.05, 3.63) is 23.3 Å². The Kier molecular flexibility index (Phi) is 4.96. The lowest BCUT2D eigenvalue weighted by atomic mass is 10.0. The second-order valence-corrected chi connectivity index (χ2v) is 5.53. The molecule has 0 spiro atoms. The molecule has 4 nitrogen and oxygen atoms in total. The van der Waals surface area contributed by atoms with Crippen molar-refractivity contribution in [3.8, 4) is 11.5 Å². The largest absolute Gasteiger partial charge is 0.481 e. The molecule has 1 N–H and O–H groups in total. The molecule has 0 bridgehead atoms. The van der Waals surface area contributed by atoms with Crippen molar-refractivity contribution in [2.45, 2.75) is 26.2 Å². The van der Waals surface area contributed by atoms with Crippen LogP contribution in [0.4, 0.5) is 0 Å². The van der Waals surface area contributed by atoms with Crippen molar-refractivity contribution < 1.29 is 19.4 Å². The molecule has 0 aromatic heterocycles. The summed E-state index contributed by atoms with van der Waals surface area (Å²) in [5.41, 5.74) is 2.52. The lowest BCUT2D eigenvalue weighted by molar-refractivity contribution is -0.133. The van der Waals surface area contributed by atoms with Gasteiger partial charge in [-0.15, -0.1) is 11.8 Å². The summed E-state index contributed by atoms with van der Waals surface area (Å²) in [6, 6.07) is 4.09. The summed E-state index contributed by atoms with van der Waals surface area (Å²) >= 11 is 1.44. The standard InChI is InChI=1S/C14H18O4S/c1-2-3-10-6-12-13(18-9-17-12)7-11(10)4-5-19-8-14(15)16/h6-7H,2-5,8-9H2,1H3,(H,15,16). The van der Waals surface area contributed by atoms with Gasteiger partial charge in [0.2, 0.25) is 6.79 Å². The molecule has 0 atom stereocenters. The first-order valence-electron chi connectivity index (χ1n) is 6.41. The molecule has 0 radical (unpaired) electrons. The molecular weight excluding hydrogens is 264 g/mol. The highest BCUT2D eigenvalue weighted by atomic mass is 32.2. The van der Waals surface area contributed by atoms with Crippen molar-refractivity contribution in [1.82, 2.24) is 0 Å². The number of thioether (sulfide) groups is 1. The van der Waals surface area contributed by atoms with Gasteiger partial charge in [-0.05, 0) is 41.9 Å². The van der Waals surface area contributed by atoms with E-state index in [4.69, 9.17) is 14.6 Å². The van der Waals surface area contributed by atoms with Gasteiger partial charge in [0.15, 0.2) is 11.5 Å². The van der Waals surface area contributed by atoms with Gasteiger partial charge in [-0.2, -0.15) is 0 Å². The molecule has 0 aliphatic carbocycles. The molecule has 1 aliphatic rings. The molecular formula is C14H18O4S. The molecule has 0 amide bonds. The maximum atomic E-state index is 10.5. The number of carboxylic acids is 1. The van der Waals surface area contributed by atoms with E-state index in [1.165, 1.54) is 22.9 Å². The van der Waals surface area contributed by atoms with Crippen LogP contribution >= 0.6 is 11.8 Å². The fraction of sp³-hybridized carbons (Fsp3) is 0.500. The van der Waals surface area contributed by atoms with Crippen LogP contribution in [0.2, 0.25) is 0 Å². The SMILES string of the molecule is CCCc1cc2c(cc1CCSCC(=O)O)OCO2. The van der Waals surface area contributed by atoms with Crippen LogP contribution in [0.25, 0.3) is 0 Å². The molecule has 19 heavy (non-hydrogen) atoms. The Labute approximate surface area is 117 Å². The number of hydrogen-bond acceptors (Lipinski definition) is 4. The number of carbonyl (C=O) groups is 1. The quantitative estimate of drug-likeness (QED) is 0.779. The van der Waals surface area contributed by atoms with E-state index < -0.39 is 5.97 Å². The summed E-state index contributed by atoms with van der Waals surface area (Å²) in [5, 5.41) is 8.62. The molecule has 1 heterocycles. The van der Waals surface area contributed by atoms with Gasteiger partial charge < -0.3 is 14.6 Å². The number of aliphatic carboxylic acids is 1. The highest BCUT2D eigenvalue weighted by Gasteiger charge is 2.16. The Bertz CT molecular complexity index is 459. The number of hydrogen-bond donors (Lipinski definition) is 1. The van der Waals surface area contributed by atoms with Crippen LogP contribution in [0.15, 0.2) is 12.1 Å². The highest BCUT2D eigenvalue weighted by molar-refractivity contribution is 7.99. The van der Waals surface area contributed by atoms with E-state index in [2.05, 4.69) is 13.0 Å². The summed E-state index contributed by atoms with van der Waals surface area (Å²) < 4.78 is 10.8. The topological polar surface area (TPSA) is 55.8 Å². The molecule has 104 valence electrons. The lowest BCUT2D eigenvalue weighted by Gasteiger charge is -2.10. The third kappa shape index (κ3) is 3.80. The Hall–Kier alpha value is -1.36. The van der Waals surface area contributed by atoms with Crippen LogP contribution in [-0.4, -0.2) is 29.4 Å². The number of carboxylic acid groups (broad SMARTS) is 1. The average Bonchev–Trinajstić information content (AvgIpc) is 2.81. The van der Waals surface area contributed by atoms with Crippen molar-refractivity contribution >= 4 is 17.7 Å². The number of ether oxygens (including phenoxy) is 2. The van der Waals surface area contributed by atoms with Crippen LogP contribution < -0.4 is 9.47 Å². The molecule has 0 saturated heterocycles. The minimum Gasteiger partial charge on any atom is -0.481 e. The molecule has 0 saturated carbocycles. The lowest BCUT2D eigenvalue weighted by Crippen LogP contribution is -2.01. The van der Waals surface area contributed by atoms with Crippen molar-refractivity contribution in [2.75, 3.05) is 18.3 Å². The van der Waals surface area contributed by atoms with Gasteiger partial charge in [0.1, 0.15) is 0 Å². The van der Waals surface area contributed by atoms with Gasteiger partial charge in [0, 0.05) is 0 Å². The molecule has 1 aromatic carbocycles. The Morgan fingerprint density at radius 1 is 1.26 bits per heavy atom. The normalized spacial score (nSPS) is 12.7. The zero-order valence-electron chi connectivity index (χ0n) is 11.0. The fourth-order valence-electron chi connectivity index (χ4n) is 2.10. The predicted octanol–water partition coefficient (Wildman–Crippen LogP) is 2.73. The maximum Gasteiger partial charge on any atom is 0.313 e. The average molecular weight is 282 g/mol. The first-order chi connectivity index (χ1) is 9.20. The van der Waals surface area contributed by atoms with Crippen LogP contribution in [0, 0.1) is 0 Å². The van der Waals surface area contributed by atoms with E-state index in [9.17, 15) is 4.79 Å². The van der Waals surface area contributed by atoms with E-state index in [0.717, 1.165) is 36.5 Å². The van der Waals surface area contributed by atoms with Crippen LogP contribution in [-0.2, 0) is 17.6 Å². The second kappa shape index (κ2) is 6.70. The third-order valence-corrected chi connectivity index (χ3v) is 3.90. The summed E-state index contributed by atoms with van der Waals surface area (Å²) in [5.74, 6) is 1.84. The summed E-state index contributed by atoms with van der Waals surface area (Å²) in [7, 11) is 0. The first kappa shape index (κ1) is 14.1. The van der Waals surface area contributed by atoms with Gasteiger partial charge in [-0.3, -0.25) is 4.79 Å². The highest BCUT2D eigenvalue weighted by Crippen LogP contribution is 2.35. The van der Waals surface area contributed by atoms with Gasteiger partial charge >= 0.3 is 5.97 Å². The zero-order chi connectivity index (χ0) is 13.7. The minimum absolute atomic E-state index is 0.160. The van der Waals surface area contributed by atoms with Gasteiger partial charge in [0.05, 0.1) is 5.75 Å². The third-order valence-electron chi connectivity index (χ3n) is 2.96. The van der Waals surface area contributed by atoms with E-state index in [0.29, 0.717) is 0 Å². The summed E-state index contributed by atoms with van der Waals surface area (Å²) in [6.45, 7) is 2.44. The first-order valence-corrected chi connectivity index (χ1v) is 7.57. The zero-order valence-corrected chi connectivity index (χ0v) is 11.8. The maximum absolute atomic E-state index is 10.5. The van der Waals surface area contributed by atoms with Crippen molar-refractivity contribution in [1.29, 1.82) is 0 Å². The summed E-state index contributed by atoms with van der Waals surface area (Å²) in [6.07, 6.45) is 2.95. The minimum atomic E-state index is -0.760. The molecule has 2 rings (SSSR count). The molecule has 1 aromatic rings. The number of benzene rings is 1.